The summed E-state index contributed by atoms with van der Waals surface area (Å²) in [6.45, 7) is 8.55. The van der Waals surface area contributed by atoms with Crippen LogP contribution < -0.4 is 0 Å². The Hall–Kier alpha value is 0.390. The minimum Gasteiger partial charge on any atom is -0.373 e. The van der Waals surface area contributed by atoms with Gasteiger partial charge >= 0.3 is 0 Å². The lowest BCUT2D eigenvalue weighted by molar-refractivity contribution is 0.583. The van der Waals surface area contributed by atoms with E-state index in [0.717, 1.165) is 12.8 Å². The molecular formula is C8H19OP. The van der Waals surface area contributed by atoms with E-state index >= 15 is 0 Å². The Morgan fingerprint density at radius 3 is 1.60 bits per heavy atom. The normalized spacial score (nSPS) is 20.1. The van der Waals surface area contributed by atoms with Gasteiger partial charge in [-0.2, -0.15) is 0 Å². The van der Waals surface area contributed by atoms with Gasteiger partial charge in [0, 0.05) is 19.5 Å². The first kappa shape index (κ1) is 10.4. The van der Waals surface area contributed by atoms with Gasteiger partial charge in [-0.3, -0.25) is 0 Å². The highest BCUT2D eigenvalue weighted by molar-refractivity contribution is 7.53. The maximum absolute atomic E-state index is 9.65. The second kappa shape index (κ2) is 5.09. The summed E-state index contributed by atoms with van der Waals surface area (Å²) in [4.78, 5) is 9.65. The third-order valence-corrected chi connectivity index (χ3v) is 4.62. The van der Waals surface area contributed by atoms with Crippen LogP contribution in [0.5, 0.6) is 0 Å². The number of hydrogen-bond donors (Lipinski definition) is 1. The lowest BCUT2D eigenvalue weighted by Gasteiger charge is -2.22. The third kappa shape index (κ3) is 2.98. The predicted octanol–water partition coefficient (Wildman–Crippen LogP) is 2.97. The highest BCUT2D eigenvalue weighted by Crippen LogP contribution is 2.44. The van der Waals surface area contributed by atoms with Crippen molar-refractivity contribution < 1.29 is 4.89 Å². The van der Waals surface area contributed by atoms with Gasteiger partial charge in [0.05, 0.1) is 0 Å². The maximum atomic E-state index is 9.65. The molecular weight excluding hydrogens is 143 g/mol. The lowest BCUT2D eigenvalue weighted by Crippen LogP contribution is -2.07. The zero-order valence-corrected chi connectivity index (χ0v) is 8.36. The van der Waals surface area contributed by atoms with Crippen LogP contribution in [0.4, 0.5) is 0 Å². The van der Waals surface area contributed by atoms with Crippen LogP contribution in [0.3, 0.4) is 0 Å². The van der Waals surface area contributed by atoms with Crippen LogP contribution in [0.25, 0.3) is 0 Å². The molecule has 0 heterocycles. The molecule has 0 radical (unpaired) electrons. The van der Waals surface area contributed by atoms with Gasteiger partial charge in [-0.1, -0.05) is 27.7 Å². The number of rotatable bonds is 4. The fourth-order valence-electron chi connectivity index (χ4n) is 0.809. The minimum absolute atomic E-state index is 0.518. The molecule has 0 bridgehead atoms. The molecule has 2 heteroatoms. The average molecular weight is 162 g/mol. The smallest absolute Gasteiger partial charge is 0.0308 e. The van der Waals surface area contributed by atoms with Crippen molar-refractivity contribution in [2.75, 3.05) is 0 Å². The summed E-state index contributed by atoms with van der Waals surface area (Å²) in [5.41, 5.74) is 1.04. The SMILES string of the molecule is CCC(C)P(O)C(C)CC. The molecule has 62 valence electrons. The summed E-state index contributed by atoms with van der Waals surface area (Å²) in [6, 6.07) is 0. The van der Waals surface area contributed by atoms with Crippen LogP contribution in [0.1, 0.15) is 40.5 Å². The van der Waals surface area contributed by atoms with Crippen LogP contribution in [0.2, 0.25) is 0 Å². The van der Waals surface area contributed by atoms with E-state index in [0.29, 0.717) is 11.3 Å². The first-order valence-electron chi connectivity index (χ1n) is 4.10. The zero-order valence-electron chi connectivity index (χ0n) is 7.46. The topological polar surface area (TPSA) is 20.2 Å². The predicted molar refractivity (Wildman–Crippen MR) is 48.6 cm³/mol. The van der Waals surface area contributed by atoms with Crippen LogP contribution in [0, 0.1) is 0 Å². The van der Waals surface area contributed by atoms with Crippen molar-refractivity contribution in [3.63, 3.8) is 0 Å². The fourth-order valence-corrected chi connectivity index (χ4v) is 2.43. The van der Waals surface area contributed by atoms with E-state index in [2.05, 4.69) is 27.7 Å². The summed E-state index contributed by atoms with van der Waals surface area (Å²) in [5, 5.41) is 0. The highest BCUT2D eigenvalue weighted by Gasteiger charge is 2.17. The van der Waals surface area contributed by atoms with Gasteiger partial charge in [0.25, 0.3) is 0 Å². The van der Waals surface area contributed by atoms with Gasteiger partial charge in [-0.25, -0.2) is 0 Å². The molecule has 0 fully saturated rings. The molecule has 0 saturated carbocycles. The van der Waals surface area contributed by atoms with Crippen molar-refractivity contribution in [1.29, 1.82) is 0 Å². The van der Waals surface area contributed by atoms with Crippen molar-refractivity contribution >= 4 is 8.15 Å². The Labute approximate surface area is 65.7 Å². The van der Waals surface area contributed by atoms with E-state index in [4.69, 9.17) is 0 Å². The summed E-state index contributed by atoms with van der Waals surface area (Å²) in [5.74, 6) is 0. The first-order chi connectivity index (χ1) is 4.63. The Balaban J connectivity index is 3.69. The van der Waals surface area contributed by atoms with E-state index in [-0.39, 0.29) is 0 Å². The lowest BCUT2D eigenvalue weighted by atomic mass is 10.4. The van der Waals surface area contributed by atoms with Gasteiger partial charge in [-0.15, -0.1) is 0 Å². The summed E-state index contributed by atoms with van der Waals surface area (Å²) in [7, 11) is -0.703. The maximum Gasteiger partial charge on any atom is 0.0308 e. The van der Waals surface area contributed by atoms with E-state index in [1.54, 1.807) is 0 Å². The van der Waals surface area contributed by atoms with Crippen LogP contribution in [-0.4, -0.2) is 16.2 Å². The van der Waals surface area contributed by atoms with Gasteiger partial charge in [-0.05, 0) is 12.8 Å². The quantitative estimate of drug-likeness (QED) is 0.630. The molecule has 10 heavy (non-hydrogen) atoms. The van der Waals surface area contributed by atoms with Gasteiger partial charge in [0.2, 0.25) is 0 Å². The van der Waals surface area contributed by atoms with E-state index in [9.17, 15) is 4.89 Å². The van der Waals surface area contributed by atoms with Crippen molar-refractivity contribution in [3.05, 3.63) is 0 Å². The van der Waals surface area contributed by atoms with Crippen LogP contribution in [0.15, 0.2) is 0 Å². The fraction of sp³-hybridized carbons (Fsp3) is 1.00. The van der Waals surface area contributed by atoms with E-state index in [1.165, 1.54) is 0 Å². The first-order valence-corrected chi connectivity index (χ1v) is 5.53. The van der Waals surface area contributed by atoms with Crippen LogP contribution >= 0.6 is 8.15 Å². The Morgan fingerprint density at radius 1 is 1.10 bits per heavy atom. The minimum atomic E-state index is -0.703. The van der Waals surface area contributed by atoms with Crippen molar-refractivity contribution in [3.8, 4) is 0 Å². The molecule has 0 aromatic heterocycles. The number of hydrogen-bond acceptors (Lipinski definition) is 1. The molecule has 0 amide bonds. The molecule has 1 N–H and O–H groups in total. The summed E-state index contributed by atoms with van der Waals surface area (Å²) >= 11 is 0. The monoisotopic (exact) mass is 162 g/mol. The van der Waals surface area contributed by atoms with Gasteiger partial charge < -0.3 is 4.89 Å². The molecule has 1 nitrogen and oxygen atoms in total. The largest absolute Gasteiger partial charge is 0.373 e. The van der Waals surface area contributed by atoms with Crippen LogP contribution in [-0.2, 0) is 0 Å². The summed E-state index contributed by atoms with van der Waals surface area (Å²) < 4.78 is 0. The Kier molecular flexibility index (Phi) is 5.29. The van der Waals surface area contributed by atoms with Crippen molar-refractivity contribution in [2.24, 2.45) is 0 Å². The van der Waals surface area contributed by atoms with Gasteiger partial charge in [0.1, 0.15) is 0 Å². The molecule has 2 unspecified atom stereocenters. The Bertz CT molecular complexity index is 75.3. The molecule has 0 aromatic carbocycles. The molecule has 0 aliphatic heterocycles. The zero-order chi connectivity index (χ0) is 8.15. The van der Waals surface area contributed by atoms with E-state index in [1.807, 2.05) is 0 Å². The van der Waals surface area contributed by atoms with Crippen molar-refractivity contribution in [2.45, 2.75) is 51.9 Å². The Morgan fingerprint density at radius 2 is 1.40 bits per heavy atom. The molecule has 0 spiro atoms. The molecule has 2 atom stereocenters. The standard InChI is InChI=1S/C8H19OP/c1-5-7(3)10(9)8(4)6-2/h7-9H,5-6H2,1-4H3. The van der Waals surface area contributed by atoms with E-state index < -0.39 is 8.15 Å². The molecule has 0 saturated heterocycles. The van der Waals surface area contributed by atoms with Crippen molar-refractivity contribution in [1.82, 2.24) is 0 Å². The summed E-state index contributed by atoms with van der Waals surface area (Å²) in [6.07, 6.45) is 2.21. The highest BCUT2D eigenvalue weighted by atomic mass is 31.1. The third-order valence-electron chi connectivity index (χ3n) is 2.08. The molecule has 0 aliphatic rings. The molecule has 0 aromatic rings. The molecule has 0 rings (SSSR count). The average Bonchev–Trinajstić information content (AvgIpc) is 2.00. The molecule has 0 aliphatic carbocycles. The van der Waals surface area contributed by atoms with Gasteiger partial charge in [0.15, 0.2) is 0 Å². The second-order valence-electron chi connectivity index (χ2n) is 2.89. The second-order valence-corrected chi connectivity index (χ2v) is 5.42.